The predicted molar refractivity (Wildman–Crippen MR) is 111 cm³/mol. The molecule has 0 saturated heterocycles. The van der Waals surface area contributed by atoms with Crippen LogP contribution in [0.25, 0.3) is 0 Å². The first-order valence-electron chi connectivity index (χ1n) is 8.13. The van der Waals surface area contributed by atoms with Crippen LogP contribution in [0, 0.1) is 6.92 Å². The third kappa shape index (κ3) is 5.62. The van der Waals surface area contributed by atoms with E-state index in [0.717, 1.165) is 15.7 Å². The molecule has 0 radical (unpaired) electrons. The summed E-state index contributed by atoms with van der Waals surface area (Å²) in [6, 6.07) is 6.55. The van der Waals surface area contributed by atoms with Crippen LogP contribution in [0.5, 0.6) is 0 Å². The van der Waals surface area contributed by atoms with Crippen LogP contribution in [-0.4, -0.2) is 42.3 Å². The molecule has 7 nitrogen and oxygen atoms in total. The summed E-state index contributed by atoms with van der Waals surface area (Å²) in [6.45, 7) is 3.62. The zero-order valence-corrected chi connectivity index (χ0v) is 17.6. The van der Waals surface area contributed by atoms with Gasteiger partial charge in [0.15, 0.2) is 0 Å². The van der Waals surface area contributed by atoms with Crippen molar-refractivity contribution in [2.45, 2.75) is 19.9 Å². The van der Waals surface area contributed by atoms with Gasteiger partial charge in [0, 0.05) is 10.2 Å². The number of halogens is 1. The van der Waals surface area contributed by atoms with Gasteiger partial charge in [-0.2, -0.15) is 0 Å². The van der Waals surface area contributed by atoms with Crippen molar-refractivity contribution in [3.8, 4) is 0 Å². The molecule has 0 saturated carbocycles. The smallest absolute Gasteiger partial charge is 0.251 e. The number of primary amides is 1. The first-order valence-corrected chi connectivity index (χ1v) is 9.80. The molecule has 0 fully saturated rings. The Bertz CT molecular complexity index is 868. The Labute approximate surface area is 170 Å². The summed E-state index contributed by atoms with van der Waals surface area (Å²) < 4.78 is 0.935. The lowest BCUT2D eigenvalue weighted by Crippen LogP contribution is -2.43. The van der Waals surface area contributed by atoms with E-state index < -0.39 is 11.9 Å². The van der Waals surface area contributed by atoms with Gasteiger partial charge in [-0.15, -0.1) is 11.3 Å². The highest BCUT2D eigenvalue weighted by Gasteiger charge is 2.22. The normalized spacial score (nSPS) is 11.9. The van der Waals surface area contributed by atoms with Crippen molar-refractivity contribution in [3.05, 3.63) is 45.2 Å². The molecule has 1 unspecified atom stereocenters. The molecule has 0 aliphatic rings. The molecule has 0 spiro atoms. The van der Waals surface area contributed by atoms with E-state index in [-0.39, 0.29) is 23.9 Å². The number of thiophene rings is 1. The van der Waals surface area contributed by atoms with Gasteiger partial charge in [0.2, 0.25) is 11.8 Å². The molecule has 4 N–H and O–H groups in total. The minimum Gasteiger partial charge on any atom is -0.366 e. The fourth-order valence-electron chi connectivity index (χ4n) is 2.34. The van der Waals surface area contributed by atoms with E-state index >= 15 is 0 Å². The molecule has 1 heterocycles. The molecule has 144 valence electrons. The monoisotopic (exact) mass is 452 g/mol. The zero-order valence-electron chi connectivity index (χ0n) is 15.2. The highest BCUT2D eigenvalue weighted by atomic mass is 79.9. The lowest BCUT2D eigenvalue weighted by Gasteiger charge is -2.23. The standard InChI is InChI=1S/C18H21BrN4O3S/c1-10-8-12(19)4-5-14(10)21-15(24)9-23(3)11(2)17(26)22-18-13(16(20)25)6-7-27-18/h4-8,11H,9H2,1-3H3,(H2,20,25)(H,21,24)(H,22,26). The number of benzene rings is 1. The fourth-order valence-corrected chi connectivity index (χ4v) is 3.61. The summed E-state index contributed by atoms with van der Waals surface area (Å²) in [6.07, 6.45) is 0. The number of nitrogens with two attached hydrogens (primary N) is 1. The zero-order chi connectivity index (χ0) is 20.1. The summed E-state index contributed by atoms with van der Waals surface area (Å²) in [5, 5.41) is 7.61. The molecule has 9 heteroatoms. The maximum Gasteiger partial charge on any atom is 0.251 e. The summed E-state index contributed by atoms with van der Waals surface area (Å²) in [5.41, 5.74) is 7.21. The maximum absolute atomic E-state index is 12.4. The first kappa shape index (κ1) is 21.1. The molecule has 2 rings (SSSR count). The average molecular weight is 453 g/mol. The number of aryl methyl sites for hydroxylation is 1. The van der Waals surface area contributed by atoms with Gasteiger partial charge < -0.3 is 16.4 Å². The molecule has 0 aliphatic heterocycles. The Morgan fingerprint density at radius 3 is 2.59 bits per heavy atom. The van der Waals surface area contributed by atoms with Gasteiger partial charge >= 0.3 is 0 Å². The number of rotatable bonds is 7. The summed E-state index contributed by atoms with van der Waals surface area (Å²) in [7, 11) is 1.68. The Kier molecular flexibility index (Phi) is 7.11. The third-order valence-corrected chi connectivity index (χ3v) is 5.39. The van der Waals surface area contributed by atoms with Crippen molar-refractivity contribution in [2.24, 2.45) is 5.73 Å². The molecule has 0 bridgehead atoms. The van der Waals surface area contributed by atoms with Crippen molar-refractivity contribution in [2.75, 3.05) is 24.2 Å². The Hall–Kier alpha value is -2.23. The van der Waals surface area contributed by atoms with Gasteiger partial charge in [-0.05, 0) is 56.1 Å². The number of nitrogens with one attached hydrogen (secondary N) is 2. The molecule has 27 heavy (non-hydrogen) atoms. The van der Waals surface area contributed by atoms with E-state index in [1.54, 1.807) is 30.3 Å². The molecular formula is C18H21BrN4O3S. The molecule has 2 aromatic rings. The van der Waals surface area contributed by atoms with Gasteiger partial charge in [0.05, 0.1) is 18.2 Å². The van der Waals surface area contributed by atoms with E-state index in [9.17, 15) is 14.4 Å². The number of hydrogen-bond acceptors (Lipinski definition) is 5. The second-order valence-electron chi connectivity index (χ2n) is 6.12. The van der Waals surface area contributed by atoms with Crippen molar-refractivity contribution in [3.63, 3.8) is 0 Å². The largest absolute Gasteiger partial charge is 0.366 e. The molecule has 1 aromatic heterocycles. The van der Waals surface area contributed by atoms with Crippen molar-refractivity contribution >= 4 is 55.7 Å². The van der Waals surface area contributed by atoms with Gasteiger partial charge in [-0.25, -0.2) is 0 Å². The van der Waals surface area contributed by atoms with Gasteiger partial charge in [-0.1, -0.05) is 15.9 Å². The summed E-state index contributed by atoms with van der Waals surface area (Å²) in [5.74, 6) is -1.15. The fraction of sp³-hybridized carbons (Fsp3) is 0.278. The first-order chi connectivity index (χ1) is 12.7. The van der Waals surface area contributed by atoms with Gasteiger partial charge in [0.1, 0.15) is 5.00 Å². The van der Waals surface area contributed by atoms with E-state index in [4.69, 9.17) is 5.73 Å². The Morgan fingerprint density at radius 1 is 1.26 bits per heavy atom. The quantitative estimate of drug-likeness (QED) is 0.600. The molecule has 1 aromatic carbocycles. The maximum atomic E-state index is 12.4. The van der Waals surface area contributed by atoms with E-state index in [2.05, 4.69) is 26.6 Å². The number of amides is 3. The van der Waals surface area contributed by atoms with Crippen molar-refractivity contribution < 1.29 is 14.4 Å². The Morgan fingerprint density at radius 2 is 1.96 bits per heavy atom. The number of hydrogen-bond donors (Lipinski definition) is 3. The highest BCUT2D eigenvalue weighted by molar-refractivity contribution is 9.10. The SMILES string of the molecule is Cc1cc(Br)ccc1NC(=O)CN(C)C(C)C(=O)Nc1sccc1C(N)=O. The lowest BCUT2D eigenvalue weighted by molar-refractivity contribution is -0.122. The number of anilines is 2. The molecule has 3 amide bonds. The minimum atomic E-state index is -0.600. The topological polar surface area (TPSA) is 105 Å². The minimum absolute atomic E-state index is 0.0389. The van der Waals surface area contributed by atoms with Gasteiger partial charge in [0.25, 0.3) is 5.91 Å². The second kappa shape index (κ2) is 9.12. The third-order valence-electron chi connectivity index (χ3n) is 4.06. The van der Waals surface area contributed by atoms with Crippen LogP contribution in [-0.2, 0) is 9.59 Å². The molecule has 0 aliphatic carbocycles. The number of carbonyl (C=O) groups excluding carboxylic acids is 3. The molecular weight excluding hydrogens is 432 g/mol. The van der Waals surface area contributed by atoms with Crippen LogP contribution in [0.15, 0.2) is 34.1 Å². The van der Waals surface area contributed by atoms with Crippen LogP contribution in [0.2, 0.25) is 0 Å². The van der Waals surface area contributed by atoms with E-state index in [1.165, 1.54) is 11.3 Å². The lowest BCUT2D eigenvalue weighted by atomic mass is 10.2. The number of likely N-dealkylation sites (N-methyl/N-ethyl adjacent to an activating group) is 1. The van der Waals surface area contributed by atoms with Crippen LogP contribution in [0.3, 0.4) is 0 Å². The second-order valence-corrected chi connectivity index (χ2v) is 7.95. The highest BCUT2D eigenvalue weighted by Crippen LogP contribution is 2.23. The van der Waals surface area contributed by atoms with Gasteiger partial charge in [-0.3, -0.25) is 19.3 Å². The number of carbonyl (C=O) groups is 3. The van der Waals surface area contributed by atoms with Crippen LogP contribution >= 0.6 is 27.3 Å². The van der Waals surface area contributed by atoms with Crippen molar-refractivity contribution in [1.82, 2.24) is 4.90 Å². The van der Waals surface area contributed by atoms with Crippen LogP contribution in [0.4, 0.5) is 10.7 Å². The Balaban J connectivity index is 1.94. The summed E-state index contributed by atoms with van der Waals surface area (Å²) in [4.78, 5) is 37.7. The summed E-state index contributed by atoms with van der Waals surface area (Å²) >= 11 is 4.60. The van der Waals surface area contributed by atoms with E-state index in [0.29, 0.717) is 5.00 Å². The van der Waals surface area contributed by atoms with Crippen LogP contribution < -0.4 is 16.4 Å². The number of nitrogens with zero attached hydrogens (tertiary/aromatic N) is 1. The van der Waals surface area contributed by atoms with Crippen molar-refractivity contribution in [1.29, 1.82) is 0 Å². The van der Waals surface area contributed by atoms with Crippen LogP contribution in [0.1, 0.15) is 22.8 Å². The average Bonchev–Trinajstić information content (AvgIpc) is 3.05. The van der Waals surface area contributed by atoms with E-state index in [1.807, 2.05) is 25.1 Å². The molecule has 1 atom stereocenters. The predicted octanol–water partition coefficient (Wildman–Crippen LogP) is 2.82.